The van der Waals surface area contributed by atoms with Crippen LogP contribution in [0.2, 0.25) is 0 Å². The van der Waals surface area contributed by atoms with Crippen LogP contribution in [0.5, 0.6) is 0 Å². The maximum Gasteiger partial charge on any atom is 0.178 e. The molecule has 0 unspecified atom stereocenters. The molecular weight excluding hydrogens is 302 g/mol. The molecular formula is C18H17N5O. The fourth-order valence-electron chi connectivity index (χ4n) is 2.36. The summed E-state index contributed by atoms with van der Waals surface area (Å²) in [6, 6.07) is 11.0. The molecule has 0 saturated heterocycles. The van der Waals surface area contributed by atoms with Crippen molar-refractivity contribution in [2.75, 3.05) is 5.32 Å². The quantitative estimate of drug-likeness (QED) is 0.557. The maximum absolute atomic E-state index is 11.5. The lowest BCUT2D eigenvalue weighted by atomic mass is 10.1. The summed E-state index contributed by atoms with van der Waals surface area (Å²) in [5, 5.41) is 10.8. The first-order valence-corrected chi connectivity index (χ1v) is 7.44. The van der Waals surface area contributed by atoms with E-state index in [1.54, 1.807) is 12.4 Å². The molecule has 0 aliphatic rings. The lowest BCUT2D eigenvalue weighted by Gasteiger charge is -2.10. The van der Waals surface area contributed by atoms with Crippen molar-refractivity contribution in [2.45, 2.75) is 6.92 Å². The Kier molecular flexibility index (Phi) is 4.20. The van der Waals surface area contributed by atoms with Crippen molar-refractivity contribution < 1.29 is 4.79 Å². The first kappa shape index (κ1) is 15.6. The zero-order chi connectivity index (χ0) is 17.1. The van der Waals surface area contributed by atoms with Crippen molar-refractivity contribution in [3.63, 3.8) is 0 Å². The van der Waals surface area contributed by atoms with Crippen molar-refractivity contribution in [1.82, 2.24) is 14.5 Å². The Bertz CT molecular complexity index is 913. The van der Waals surface area contributed by atoms with Gasteiger partial charge in [-0.15, -0.1) is 0 Å². The summed E-state index contributed by atoms with van der Waals surface area (Å²) in [4.78, 5) is 20.2. The van der Waals surface area contributed by atoms with Gasteiger partial charge in [-0.05, 0) is 18.2 Å². The van der Waals surface area contributed by atoms with Gasteiger partial charge in [-0.2, -0.15) is 0 Å². The SMILES string of the molecule is CC(=O)c1cccc(-c2ccc(C=N)c(Nc3cn(C)cn3)c2)n1. The number of benzene rings is 1. The van der Waals surface area contributed by atoms with Crippen LogP contribution in [0, 0.1) is 5.41 Å². The Morgan fingerprint density at radius 1 is 1.29 bits per heavy atom. The van der Waals surface area contributed by atoms with Crippen molar-refractivity contribution in [1.29, 1.82) is 5.41 Å². The number of hydrogen-bond donors (Lipinski definition) is 2. The topological polar surface area (TPSA) is 83.7 Å². The molecule has 0 atom stereocenters. The lowest BCUT2D eigenvalue weighted by Crippen LogP contribution is -1.99. The second-order valence-corrected chi connectivity index (χ2v) is 5.46. The molecule has 0 aliphatic heterocycles. The second kappa shape index (κ2) is 6.45. The number of imidazole rings is 1. The third-order valence-electron chi connectivity index (χ3n) is 3.58. The predicted molar refractivity (Wildman–Crippen MR) is 94.1 cm³/mol. The van der Waals surface area contributed by atoms with E-state index >= 15 is 0 Å². The predicted octanol–water partition coefficient (Wildman–Crippen LogP) is 3.43. The highest BCUT2D eigenvalue weighted by Crippen LogP contribution is 2.26. The van der Waals surface area contributed by atoms with E-state index in [0.29, 0.717) is 17.2 Å². The Balaban J connectivity index is 2.01. The third kappa shape index (κ3) is 3.22. The van der Waals surface area contributed by atoms with Crippen LogP contribution in [0.25, 0.3) is 11.3 Å². The van der Waals surface area contributed by atoms with Gasteiger partial charge in [0.1, 0.15) is 11.5 Å². The van der Waals surface area contributed by atoms with Crippen LogP contribution in [-0.2, 0) is 7.05 Å². The van der Waals surface area contributed by atoms with E-state index in [1.807, 2.05) is 48.1 Å². The summed E-state index contributed by atoms with van der Waals surface area (Å²) < 4.78 is 1.84. The number of hydrogen-bond acceptors (Lipinski definition) is 5. The van der Waals surface area contributed by atoms with Crippen LogP contribution in [-0.4, -0.2) is 26.5 Å². The number of ketones is 1. The molecule has 0 amide bonds. The normalized spacial score (nSPS) is 10.4. The highest BCUT2D eigenvalue weighted by atomic mass is 16.1. The Labute approximate surface area is 139 Å². The van der Waals surface area contributed by atoms with Crippen molar-refractivity contribution in [2.24, 2.45) is 7.05 Å². The number of carbonyl (C=O) groups excluding carboxylic acids is 1. The number of rotatable bonds is 5. The van der Waals surface area contributed by atoms with Gasteiger partial charge in [-0.25, -0.2) is 9.97 Å². The summed E-state index contributed by atoms with van der Waals surface area (Å²) in [6.45, 7) is 1.50. The number of anilines is 2. The zero-order valence-corrected chi connectivity index (χ0v) is 13.4. The molecule has 6 nitrogen and oxygen atoms in total. The van der Waals surface area contributed by atoms with Gasteiger partial charge in [0.15, 0.2) is 5.78 Å². The van der Waals surface area contributed by atoms with Gasteiger partial charge < -0.3 is 15.3 Å². The van der Waals surface area contributed by atoms with Crippen molar-refractivity contribution in [3.8, 4) is 11.3 Å². The summed E-state index contributed by atoms with van der Waals surface area (Å²) in [6.07, 6.45) is 4.84. The minimum Gasteiger partial charge on any atom is -0.338 e. The van der Waals surface area contributed by atoms with E-state index in [1.165, 1.54) is 13.1 Å². The van der Waals surface area contributed by atoms with E-state index in [4.69, 9.17) is 5.41 Å². The van der Waals surface area contributed by atoms with Gasteiger partial charge in [0, 0.05) is 43.2 Å². The van der Waals surface area contributed by atoms with E-state index in [-0.39, 0.29) is 5.78 Å². The molecule has 3 aromatic rings. The minimum absolute atomic E-state index is 0.0696. The van der Waals surface area contributed by atoms with E-state index in [9.17, 15) is 4.79 Å². The molecule has 2 heterocycles. The number of nitrogens with zero attached hydrogens (tertiary/aromatic N) is 3. The maximum atomic E-state index is 11.5. The van der Waals surface area contributed by atoms with E-state index in [2.05, 4.69) is 15.3 Å². The fraction of sp³-hybridized carbons (Fsp3) is 0.111. The lowest BCUT2D eigenvalue weighted by molar-refractivity contribution is 0.101. The molecule has 1 aromatic carbocycles. The van der Waals surface area contributed by atoms with Crippen LogP contribution in [0.15, 0.2) is 48.9 Å². The van der Waals surface area contributed by atoms with Crippen molar-refractivity contribution in [3.05, 3.63) is 60.2 Å². The van der Waals surface area contributed by atoms with Gasteiger partial charge in [-0.1, -0.05) is 18.2 Å². The van der Waals surface area contributed by atoms with Crippen LogP contribution in [0.4, 0.5) is 11.5 Å². The summed E-state index contributed by atoms with van der Waals surface area (Å²) in [5.41, 5.74) is 3.51. The number of Topliss-reactive ketones (excluding diaryl/α,β-unsaturated/α-hetero) is 1. The van der Waals surface area contributed by atoms with Crippen LogP contribution in [0.3, 0.4) is 0 Å². The minimum atomic E-state index is -0.0696. The van der Waals surface area contributed by atoms with Gasteiger partial charge in [0.25, 0.3) is 0 Å². The number of aromatic nitrogens is 3. The molecule has 120 valence electrons. The second-order valence-electron chi connectivity index (χ2n) is 5.46. The van der Waals surface area contributed by atoms with E-state index < -0.39 is 0 Å². The number of carbonyl (C=O) groups is 1. The molecule has 6 heteroatoms. The van der Waals surface area contributed by atoms with E-state index in [0.717, 1.165) is 16.8 Å². The number of aryl methyl sites for hydroxylation is 1. The Hall–Kier alpha value is -3.28. The number of nitrogens with one attached hydrogen (secondary N) is 2. The van der Waals surface area contributed by atoms with Gasteiger partial charge >= 0.3 is 0 Å². The average molecular weight is 319 g/mol. The van der Waals surface area contributed by atoms with Crippen LogP contribution in [0.1, 0.15) is 23.0 Å². The van der Waals surface area contributed by atoms with Crippen LogP contribution >= 0.6 is 0 Å². The van der Waals surface area contributed by atoms with Gasteiger partial charge in [0.2, 0.25) is 0 Å². The standard InChI is InChI=1S/C18H17N5O/c1-12(24)15-4-3-5-16(21-15)13-6-7-14(9-19)17(8-13)22-18-10-23(2)11-20-18/h3-11,19,22H,1-2H3. The molecule has 0 saturated carbocycles. The molecule has 0 spiro atoms. The van der Waals surface area contributed by atoms with Crippen molar-refractivity contribution >= 4 is 23.5 Å². The molecule has 0 bridgehead atoms. The molecule has 2 aromatic heterocycles. The molecule has 3 rings (SSSR count). The monoisotopic (exact) mass is 319 g/mol. The summed E-state index contributed by atoms with van der Waals surface area (Å²) >= 11 is 0. The highest BCUT2D eigenvalue weighted by molar-refractivity contribution is 5.93. The highest BCUT2D eigenvalue weighted by Gasteiger charge is 2.08. The zero-order valence-electron chi connectivity index (χ0n) is 13.4. The molecule has 0 aliphatic carbocycles. The van der Waals surface area contributed by atoms with Crippen LogP contribution < -0.4 is 5.32 Å². The molecule has 0 fully saturated rings. The molecule has 24 heavy (non-hydrogen) atoms. The molecule has 0 radical (unpaired) electrons. The third-order valence-corrected chi connectivity index (χ3v) is 3.58. The Morgan fingerprint density at radius 3 is 2.79 bits per heavy atom. The fourth-order valence-corrected chi connectivity index (χ4v) is 2.36. The summed E-state index contributed by atoms with van der Waals surface area (Å²) in [7, 11) is 1.89. The Morgan fingerprint density at radius 2 is 2.12 bits per heavy atom. The average Bonchev–Trinajstić information content (AvgIpc) is 3.00. The summed E-state index contributed by atoms with van der Waals surface area (Å²) in [5.74, 6) is 0.628. The number of pyridine rings is 1. The van der Waals surface area contributed by atoms with Gasteiger partial charge in [0.05, 0.1) is 12.0 Å². The molecule has 2 N–H and O–H groups in total. The van der Waals surface area contributed by atoms with Gasteiger partial charge in [-0.3, -0.25) is 4.79 Å². The smallest absolute Gasteiger partial charge is 0.178 e. The first-order valence-electron chi connectivity index (χ1n) is 7.44. The largest absolute Gasteiger partial charge is 0.338 e. The first-order chi connectivity index (χ1) is 11.6.